The van der Waals surface area contributed by atoms with Gasteiger partial charge in [0.1, 0.15) is 0 Å². The van der Waals surface area contributed by atoms with E-state index in [4.69, 9.17) is 0 Å². The molecule has 0 atom stereocenters. The number of alkyl halides is 1. The first-order valence-electron chi connectivity index (χ1n) is 3.03. The van der Waals surface area contributed by atoms with E-state index in [-0.39, 0.29) is 23.1 Å². The fraction of sp³-hybridized carbons (Fsp3) is 0.250. The fourth-order valence-corrected chi connectivity index (χ4v) is 1.21. The minimum atomic E-state index is 0. The Morgan fingerprint density at radius 3 is 2.20 bits per heavy atom. The van der Waals surface area contributed by atoms with Gasteiger partial charge in [0, 0.05) is 5.33 Å². The Morgan fingerprint density at radius 1 is 1.10 bits per heavy atom. The van der Waals surface area contributed by atoms with Gasteiger partial charge in [0.25, 0.3) is 0 Å². The zero-order valence-corrected chi connectivity index (χ0v) is 6.76. The van der Waals surface area contributed by atoms with Crippen molar-refractivity contribution in [3.8, 4) is 0 Å². The number of rotatable bonds is 2. The maximum atomic E-state index is 3.39. The molecule has 0 aliphatic rings. The van der Waals surface area contributed by atoms with Gasteiger partial charge in [-0.25, -0.2) is 0 Å². The first-order valence-corrected chi connectivity index (χ1v) is 4.15. The molecule has 1 rings (SSSR count). The first kappa shape index (κ1) is 10.5. The summed E-state index contributed by atoms with van der Waals surface area (Å²) < 4.78 is 0. The highest BCUT2D eigenvalue weighted by atomic mass is 79.9. The van der Waals surface area contributed by atoms with Gasteiger partial charge in [-0.3, -0.25) is 0 Å². The number of benzene rings is 1. The van der Waals surface area contributed by atoms with E-state index in [2.05, 4.69) is 40.2 Å². The molecule has 0 N–H and O–H groups in total. The molecule has 0 fully saturated rings. The molecule has 0 spiro atoms. The lowest BCUT2D eigenvalue weighted by Crippen LogP contribution is -1.82. The Bertz CT molecular complexity index is 162. The summed E-state index contributed by atoms with van der Waals surface area (Å²) in [5, 5.41) is 1.05. The number of aryl methyl sites for hydroxylation is 1. The van der Waals surface area contributed by atoms with Crippen LogP contribution in [0, 0.1) is 0 Å². The molecule has 0 saturated heterocycles. The molecule has 0 unspecified atom stereocenters. The molecular formula is C8H11BrMg. The van der Waals surface area contributed by atoms with Crippen LogP contribution in [0.4, 0.5) is 0 Å². The SMILES string of the molecule is BrCCc1ccccc1.[MgH2]. The molecule has 0 nitrogen and oxygen atoms in total. The molecule has 1 aromatic carbocycles. The third-order valence-corrected chi connectivity index (χ3v) is 1.62. The Balaban J connectivity index is 0.000000810. The fourth-order valence-electron chi connectivity index (χ4n) is 0.754. The maximum Gasteiger partial charge on any atom is 0.316 e. The standard InChI is InChI=1S/C8H9Br.Mg.2H/c9-7-6-8-4-2-1-3-5-8;;;/h1-5H,6-7H2;;;. The van der Waals surface area contributed by atoms with E-state index in [1.807, 2.05) is 6.07 Å². The van der Waals surface area contributed by atoms with Crippen molar-refractivity contribution in [1.82, 2.24) is 0 Å². The topological polar surface area (TPSA) is 0 Å². The quantitative estimate of drug-likeness (QED) is 0.516. The van der Waals surface area contributed by atoms with Gasteiger partial charge in [-0.15, -0.1) is 0 Å². The van der Waals surface area contributed by atoms with Crippen LogP contribution in [0.2, 0.25) is 0 Å². The van der Waals surface area contributed by atoms with E-state index in [1.54, 1.807) is 0 Å². The first-order chi connectivity index (χ1) is 4.43. The summed E-state index contributed by atoms with van der Waals surface area (Å²) in [6, 6.07) is 10.5. The Morgan fingerprint density at radius 2 is 1.70 bits per heavy atom. The van der Waals surface area contributed by atoms with Gasteiger partial charge in [0.15, 0.2) is 0 Å². The lowest BCUT2D eigenvalue weighted by molar-refractivity contribution is 1.17. The van der Waals surface area contributed by atoms with Crippen molar-refractivity contribution in [1.29, 1.82) is 0 Å². The minimum absolute atomic E-state index is 0. The highest BCUT2D eigenvalue weighted by molar-refractivity contribution is 9.09. The number of hydrogen-bond donors (Lipinski definition) is 0. The molecule has 2 heteroatoms. The van der Waals surface area contributed by atoms with Gasteiger partial charge < -0.3 is 0 Å². The number of halogens is 1. The van der Waals surface area contributed by atoms with Crippen molar-refractivity contribution in [3.05, 3.63) is 35.9 Å². The van der Waals surface area contributed by atoms with Crippen molar-refractivity contribution in [3.63, 3.8) is 0 Å². The molecule has 0 heterocycles. The molecule has 0 aliphatic carbocycles. The van der Waals surface area contributed by atoms with Gasteiger partial charge in [-0.2, -0.15) is 0 Å². The second kappa shape index (κ2) is 6.19. The van der Waals surface area contributed by atoms with E-state index in [1.165, 1.54) is 5.56 Å². The van der Waals surface area contributed by atoms with Gasteiger partial charge in [0.2, 0.25) is 0 Å². The predicted molar refractivity (Wildman–Crippen MR) is 52.5 cm³/mol. The molecule has 0 amide bonds. The highest BCUT2D eigenvalue weighted by Crippen LogP contribution is 2.00. The monoisotopic (exact) mass is 210 g/mol. The lowest BCUT2D eigenvalue weighted by Gasteiger charge is -1.92. The average Bonchev–Trinajstić information content (AvgIpc) is 1.91. The maximum absolute atomic E-state index is 3.39. The predicted octanol–water partition coefficient (Wildman–Crippen LogP) is 1.71. The second-order valence-electron chi connectivity index (χ2n) is 1.92. The Kier molecular flexibility index (Phi) is 6.48. The third kappa shape index (κ3) is 3.59. The van der Waals surface area contributed by atoms with E-state index in [0.29, 0.717) is 0 Å². The third-order valence-electron chi connectivity index (χ3n) is 1.23. The summed E-state index contributed by atoms with van der Waals surface area (Å²) in [7, 11) is 0. The lowest BCUT2D eigenvalue weighted by atomic mass is 10.2. The van der Waals surface area contributed by atoms with Crippen molar-refractivity contribution < 1.29 is 0 Å². The van der Waals surface area contributed by atoms with Crippen molar-refractivity contribution in [2.75, 3.05) is 5.33 Å². The van der Waals surface area contributed by atoms with Gasteiger partial charge in [0.05, 0.1) is 0 Å². The molecule has 0 bridgehead atoms. The van der Waals surface area contributed by atoms with Crippen LogP contribution in [0.3, 0.4) is 0 Å². The van der Waals surface area contributed by atoms with Crippen molar-refractivity contribution in [2.45, 2.75) is 6.42 Å². The molecule has 52 valence electrons. The van der Waals surface area contributed by atoms with Crippen LogP contribution in [0.25, 0.3) is 0 Å². The average molecular weight is 211 g/mol. The Hall–Kier alpha value is 0.466. The normalized spacial score (nSPS) is 8.50. The number of hydrogen-bond acceptors (Lipinski definition) is 0. The van der Waals surface area contributed by atoms with Crippen molar-refractivity contribution in [2.24, 2.45) is 0 Å². The van der Waals surface area contributed by atoms with Crippen LogP contribution in [0.1, 0.15) is 5.56 Å². The van der Waals surface area contributed by atoms with Crippen molar-refractivity contribution >= 4 is 39.0 Å². The van der Waals surface area contributed by atoms with Crippen LogP contribution in [-0.4, -0.2) is 28.4 Å². The van der Waals surface area contributed by atoms with Crippen LogP contribution in [-0.2, 0) is 6.42 Å². The van der Waals surface area contributed by atoms with Gasteiger partial charge in [-0.05, 0) is 12.0 Å². The Labute approximate surface area is 86.3 Å². The van der Waals surface area contributed by atoms with Crippen LogP contribution >= 0.6 is 15.9 Å². The van der Waals surface area contributed by atoms with E-state index in [9.17, 15) is 0 Å². The van der Waals surface area contributed by atoms with Gasteiger partial charge >= 0.3 is 23.1 Å². The van der Waals surface area contributed by atoms with E-state index >= 15 is 0 Å². The summed E-state index contributed by atoms with van der Waals surface area (Å²) in [5.41, 5.74) is 1.40. The highest BCUT2D eigenvalue weighted by Gasteiger charge is 1.85. The van der Waals surface area contributed by atoms with Crippen LogP contribution in [0.15, 0.2) is 30.3 Å². The molecular weight excluding hydrogens is 200 g/mol. The molecule has 0 aromatic heterocycles. The van der Waals surface area contributed by atoms with Crippen LogP contribution in [0.5, 0.6) is 0 Å². The summed E-state index contributed by atoms with van der Waals surface area (Å²) in [4.78, 5) is 0. The molecule has 0 radical (unpaired) electrons. The molecule has 1 aromatic rings. The molecule has 0 saturated carbocycles. The molecule has 10 heavy (non-hydrogen) atoms. The second-order valence-corrected chi connectivity index (χ2v) is 2.72. The zero-order chi connectivity index (χ0) is 6.53. The zero-order valence-electron chi connectivity index (χ0n) is 5.18. The van der Waals surface area contributed by atoms with E-state index in [0.717, 1.165) is 11.8 Å². The van der Waals surface area contributed by atoms with Gasteiger partial charge in [-0.1, -0.05) is 46.3 Å². The largest absolute Gasteiger partial charge is 0.316 e. The minimum Gasteiger partial charge on any atom is -0.0924 e. The summed E-state index contributed by atoms with van der Waals surface area (Å²) in [6.07, 6.45) is 1.13. The summed E-state index contributed by atoms with van der Waals surface area (Å²) in [5.74, 6) is 0. The summed E-state index contributed by atoms with van der Waals surface area (Å²) >= 11 is 3.39. The summed E-state index contributed by atoms with van der Waals surface area (Å²) in [6.45, 7) is 0. The van der Waals surface area contributed by atoms with Crippen LogP contribution < -0.4 is 0 Å². The molecule has 0 aliphatic heterocycles. The smallest absolute Gasteiger partial charge is 0.0924 e. The van der Waals surface area contributed by atoms with E-state index < -0.39 is 0 Å².